The Morgan fingerprint density at radius 2 is 2.12 bits per heavy atom. The summed E-state index contributed by atoms with van der Waals surface area (Å²) in [6, 6.07) is 3.34. The van der Waals surface area contributed by atoms with E-state index in [2.05, 4.69) is 15.5 Å². The number of hydrogen-bond donors (Lipinski definition) is 1. The monoisotopic (exact) mass is 386 g/mol. The van der Waals surface area contributed by atoms with E-state index in [1.54, 1.807) is 17.5 Å². The Bertz CT molecular complexity index is 793. The number of sulfonamides is 1. The quantitative estimate of drug-likeness (QED) is 0.850. The zero-order chi connectivity index (χ0) is 17.2. The molecule has 0 atom stereocenters. The van der Waals surface area contributed by atoms with Crippen LogP contribution in [0.1, 0.15) is 24.8 Å². The molecule has 0 bridgehead atoms. The lowest BCUT2D eigenvalue weighted by Gasteiger charge is -2.29. The van der Waals surface area contributed by atoms with Gasteiger partial charge in [0.25, 0.3) is 10.0 Å². The predicted octanol–water partition coefficient (Wildman–Crippen LogP) is 2.20. The Kier molecular flexibility index (Phi) is 5.28. The molecule has 0 aliphatic carbocycles. The van der Waals surface area contributed by atoms with Crippen LogP contribution < -0.4 is 5.32 Å². The maximum Gasteiger partial charge on any atom is 0.252 e. The number of hydrogen-bond acceptors (Lipinski definition) is 7. The number of thiophene rings is 1. The number of anilines is 1. The fourth-order valence-corrected chi connectivity index (χ4v) is 5.85. The van der Waals surface area contributed by atoms with Gasteiger partial charge < -0.3 is 5.32 Å². The van der Waals surface area contributed by atoms with E-state index in [4.69, 9.17) is 0 Å². The molecule has 24 heavy (non-hydrogen) atoms. The third-order valence-corrected chi connectivity index (χ3v) is 8.17. The number of piperidine rings is 1. The second-order valence-electron chi connectivity index (χ2n) is 5.45. The lowest BCUT2D eigenvalue weighted by atomic mass is 9.97. The number of aromatic nitrogens is 2. The SMILES string of the molecule is CCc1nnc(NC(=O)C2CCN(S(=O)(=O)c3cccs3)CC2)s1. The minimum atomic E-state index is -3.43. The van der Waals surface area contributed by atoms with Crippen molar-refractivity contribution in [1.29, 1.82) is 0 Å². The summed E-state index contributed by atoms with van der Waals surface area (Å²) >= 11 is 2.58. The average Bonchev–Trinajstić information content (AvgIpc) is 3.27. The average molecular weight is 387 g/mol. The Morgan fingerprint density at radius 3 is 2.71 bits per heavy atom. The van der Waals surface area contributed by atoms with Crippen molar-refractivity contribution in [3.8, 4) is 0 Å². The number of nitrogens with one attached hydrogen (secondary N) is 1. The van der Waals surface area contributed by atoms with Crippen LogP contribution in [0.25, 0.3) is 0 Å². The minimum absolute atomic E-state index is 0.109. The molecular formula is C14H18N4O3S3. The van der Waals surface area contributed by atoms with Crippen LogP contribution in [0, 0.1) is 5.92 Å². The van der Waals surface area contributed by atoms with Crippen LogP contribution in [0.15, 0.2) is 21.7 Å². The molecule has 3 heterocycles. The second kappa shape index (κ2) is 7.26. The lowest BCUT2D eigenvalue weighted by Crippen LogP contribution is -2.41. The molecule has 0 aromatic carbocycles. The topological polar surface area (TPSA) is 92.3 Å². The van der Waals surface area contributed by atoms with Crippen molar-refractivity contribution < 1.29 is 13.2 Å². The van der Waals surface area contributed by atoms with Crippen molar-refractivity contribution in [1.82, 2.24) is 14.5 Å². The summed E-state index contributed by atoms with van der Waals surface area (Å²) < 4.78 is 26.8. The highest BCUT2D eigenvalue weighted by Gasteiger charge is 2.32. The van der Waals surface area contributed by atoms with Gasteiger partial charge in [0.1, 0.15) is 9.22 Å². The molecule has 1 aliphatic heterocycles. The lowest BCUT2D eigenvalue weighted by molar-refractivity contribution is -0.120. The molecule has 1 aliphatic rings. The molecule has 3 rings (SSSR count). The molecule has 1 amide bonds. The molecule has 1 fully saturated rings. The van der Waals surface area contributed by atoms with Gasteiger partial charge in [0, 0.05) is 19.0 Å². The Hall–Kier alpha value is -1.36. The Morgan fingerprint density at radius 1 is 1.38 bits per heavy atom. The largest absolute Gasteiger partial charge is 0.300 e. The smallest absolute Gasteiger partial charge is 0.252 e. The van der Waals surface area contributed by atoms with E-state index >= 15 is 0 Å². The fraction of sp³-hybridized carbons (Fsp3) is 0.500. The first-order valence-electron chi connectivity index (χ1n) is 7.67. The van der Waals surface area contributed by atoms with Crippen LogP contribution in [0.5, 0.6) is 0 Å². The molecule has 130 valence electrons. The van der Waals surface area contributed by atoms with E-state index in [9.17, 15) is 13.2 Å². The van der Waals surface area contributed by atoms with Crippen molar-refractivity contribution in [3.05, 3.63) is 22.5 Å². The highest BCUT2D eigenvalue weighted by Crippen LogP contribution is 2.27. The van der Waals surface area contributed by atoms with Crippen LogP contribution in [0.4, 0.5) is 5.13 Å². The Balaban J connectivity index is 1.57. The standard InChI is InChI=1S/C14H18N4O3S3/c1-2-11-16-17-14(23-11)15-13(19)10-5-7-18(8-6-10)24(20,21)12-4-3-9-22-12/h3-4,9-10H,2,5-8H2,1H3,(H,15,17,19). The van der Waals surface area contributed by atoms with E-state index in [1.165, 1.54) is 27.0 Å². The molecule has 7 nitrogen and oxygen atoms in total. The van der Waals surface area contributed by atoms with Gasteiger partial charge in [-0.3, -0.25) is 4.79 Å². The Labute approximate surface area is 148 Å². The van der Waals surface area contributed by atoms with E-state index in [-0.39, 0.29) is 11.8 Å². The van der Waals surface area contributed by atoms with Gasteiger partial charge in [-0.15, -0.1) is 21.5 Å². The molecular weight excluding hydrogens is 368 g/mol. The molecule has 0 spiro atoms. The van der Waals surface area contributed by atoms with Gasteiger partial charge in [-0.05, 0) is 30.7 Å². The van der Waals surface area contributed by atoms with Gasteiger partial charge in [-0.1, -0.05) is 24.3 Å². The number of amides is 1. The molecule has 0 unspecified atom stereocenters. The number of nitrogens with zero attached hydrogens (tertiary/aromatic N) is 3. The molecule has 1 N–H and O–H groups in total. The van der Waals surface area contributed by atoms with Gasteiger partial charge in [0.2, 0.25) is 11.0 Å². The molecule has 2 aromatic rings. The summed E-state index contributed by atoms with van der Waals surface area (Å²) in [6.07, 6.45) is 1.80. The van der Waals surface area contributed by atoms with Crippen molar-refractivity contribution >= 4 is 43.7 Å². The predicted molar refractivity (Wildman–Crippen MR) is 93.7 cm³/mol. The summed E-state index contributed by atoms with van der Waals surface area (Å²) in [7, 11) is -3.43. The van der Waals surface area contributed by atoms with Crippen molar-refractivity contribution in [3.63, 3.8) is 0 Å². The zero-order valence-electron chi connectivity index (χ0n) is 13.1. The maximum atomic E-state index is 12.5. The van der Waals surface area contributed by atoms with E-state index < -0.39 is 10.0 Å². The molecule has 2 aromatic heterocycles. The fourth-order valence-electron chi connectivity index (χ4n) is 2.55. The first-order valence-corrected chi connectivity index (χ1v) is 10.8. The normalized spacial score (nSPS) is 17.0. The van der Waals surface area contributed by atoms with E-state index in [0.717, 1.165) is 11.4 Å². The first-order chi connectivity index (χ1) is 11.5. The van der Waals surface area contributed by atoms with Gasteiger partial charge in [-0.2, -0.15) is 4.31 Å². The summed E-state index contributed by atoms with van der Waals surface area (Å²) in [4.78, 5) is 12.3. The van der Waals surface area contributed by atoms with Crippen molar-refractivity contribution in [2.45, 2.75) is 30.4 Å². The number of aryl methyl sites for hydroxylation is 1. The summed E-state index contributed by atoms with van der Waals surface area (Å²) in [5.41, 5.74) is 0. The van der Waals surface area contributed by atoms with Crippen LogP contribution >= 0.6 is 22.7 Å². The van der Waals surface area contributed by atoms with Crippen LogP contribution in [0.2, 0.25) is 0 Å². The number of rotatable bonds is 5. The third kappa shape index (κ3) is 3.66. The van der Waals surface area contributed by atoms with E-state index in [1.807, 2.05) is 6.92 Å². The third-order valence-electron chi connectivity index (χ3n) is 3.91. The number of carbonyl (C=O) groups is 1. The van der Waals surface area contributed by atoms with Crippen molar-refractivity contribution in [2.75, 3.05) is 18.4 Å². The van der Waals surface area contributed by atoms with Crippen molar-refractivity contribution in [2.24, 2.45) is 5.92 Å². The maximum absolute atomic E-state index is 12.5. The highest BCUT2D eigenvalue weighted by molar-refractivity contribution is 7.91. The summed E-state index contributed by atoms with van der Waals surface area (Å²) in [6.45, 7) is 2.69. The van der Waals surface area contributed by atoms with Gasteiger partial charge in [-0.25, -0.2) is 8.42 Å². The van der Waals surface area contributed by atoms with Crippen LogP contribution in [-0.2, 0) is 21.2 Å². The molecule has 0 radical (unpaired) electrons. The molecule has 1 saturated heterocycles. The van der Waals surface area contributed by atoms with Crippen LogP contribution in [0.3, 0.4) is 0 Å². The summed E-state index contributed by atoms with van der Waals surface area (Å²) in [5, 5.41) is 13.8. The molecule has 0 saturated carbocycles. The summed E-state index contributed by atoms with van der Waals surface area (Å²) in [5.74, 6) is -0.310. The van der Waals surface area contributed by atoms with Gasteiger partial charge >= 0.3 is 0 Å². The highest BCUT2D eigenvalue weighted by atomic mass is 32.2. The van der Waals surface area contributed by atoms with Crippen LogP contribution in [-0.4, -0.2) is 41.9 Å². The second-order valence-corrected chi connectivity index (χ2v) is 9.63. The first kappa shape index (κ1) is 17.5. The number of carbonyl (C=O) groups excluding carboxylic acids is 1. The zero-order valence-corrected chi connectivity index (χ0v) is 15.6. The molecule has 10 heteroatoms. The van der Waals surface area contributed by atoms with Gasteiger partial charge in [0.05, 0.1) is 0 Å². The van der Waals surface area contributed by atoms with Gasteiger partial charge in [0.15, 0.2) is 0 Å². The minimum Gasteiger partial charge on any atom is -0.300 e. The van der Waals surface area contributed by atoms with E-state index in [0.29, 0.717) is 35.3 Å².